The van der Waals surface area contributed by atoms with Crippen LogP contribution in [0.3, 0.4) is 0 Å². The molecule has 0 rings (SSSR count). The molecule has 0 bridgehead atoms. The zero-order chi connectivity index (χ0) is 54.5. The Kier molecular flexibility index (Phi) is 47.7. The van der Waals surface area contributed by atoms with Crippen LogP contribution in [0.5, 0.6) is 0 Å². The predicted octanol–water partition coefficient (Wildman–Crippen LogP) is -4.29. The maximum atomic E-state index is 13.2. The molecule has 0 fully saturated rings. The molecule has 428 valence electrons. The van der Waals surface area contributed by atoms with Gasteiger partial charge in [0.1, 0.15) is 6.04 Å². The lowest BCUT2D eigenvalue weighted by atomic mass is 10.1. The number of carboxylic acid groups (broad SMARTS) is 1. The number of hydrogen-bond donors (Lipinski definition) is 11. The molecule has 0 radical (unpaired) electrons. The molecule has 0 aliphatic rings. The highest BCUT2D eigenvalue weighted by Gasteiger charge is 2.21. The van der Waals surface area contributed by atoms with Crippen LogP contribution in [0, 0.1) is 0 Å². The Hall–Kier alpha value is -5.17. The smallest absolute Gasteiger partial charge is 0.303 e. The molecule has 0 aliphatic heterocycles. The fraction of sp³-hybridized carbons (Fsp3) is 0.804. The van der Waals surface area contributed by atoms with Crippen molar-refractivity contribution in [3.8, 4) is 0 Å². The number of hydrogen-bond acceptors (Lipinski definition) is 19. The van der Waals surface area contributed by atoms with Crippen LogP contribution >= 0.6 is 0 Å². The molecule has 0 aromatic heterocycles. The average molecular weight is 1070 g/mol. The van der Waals surface area contributed by atoms with Crippen LogP contribution in [0.1, 0.15) is 70.6 Å². The zero-order valence-electron chi connectivity index (χ0n) is 43.1. The minimum Gasteiger partial charge on any atom is -0.481 e. The van der Waals surface area contributed by atoms with Crippen molar-refractivity contribution in [2.24, 2.45) is 11.5 Å². The molecule has 8 amide bonds. The van der Waals surface area contributed by atoms with E-state index in [2.05, 4.69) is 42.5 Å². The molecule has 28 heteroatoms. The lowest BCUT2D eigenvalue weighted by molar-refractivity contribution is -0.139. The van der Waals surface area contributed by atoms with Crippen LogP contribution in [0.4, 0.5) is 0 Å². The van der Waals surface area contributed by atoms with Gasteiger partial charge in [0.15, 0.2) is 0 Å². The fourth-order valence-electron chi connectivity index (χ4n) is 5.81. The lowest BCUT2D eigenvalue weighted by Crippen LogP contribution is -2.47. The standard InChI is InChI=1S/C46H86N10O18/c47-12-21-67-29-31-69-23-15-50-39(58)5-4-38(57)49-14-2-1-3-37(56-44(63)9-8-42(61)53-18-24-70-32-30-68-22-13-48)46(66)55-20-28-74-36-35-72-26-17-52-41(60)7-6-40(59)51-16-25-71-33-34-73-27-19-54-43(62)10-11-45(64)65/h37H,1-36,47-48H2,(H,49,57)(H,50,58)(H,51,59)(H,52,60)(H,53,61)(H,54,62)(H,55,66)(H,56,63)(H,64,65). The number of rotatable bonds is 53. The maximum absolute atomic E-state index is 13.2. The number of aliphatic carboxylic acids is 1. The van der Waals surface area contributed by atoms with Crippen LogP contribution < -0.4 is 54.0 Å². The summed E-state index contributed by atoms with van der Waals surface area (Å²) in [5, 5.41) is 30.0. The Morgan fingerprint density at radius 1 is 0.324 bits per heavy atom. The highest BCUT2D eigenvalue weighted by atomic mass is 16.5. The highest BCUT2D eigenvalue weighted by molar-refractivity contribution is 5.89. The van der Waals surface area contributed by atoms with Gasteiger partial charge in [-0.2, -0.15) is 0 Å². The minimum atomic E-state index is -1.04. The fourth-order valence-corrected chi connectivity index (χ4v) is 5.81. The van der Waals surface area contributed by atoms with E-state index < -0.39 is 23.8 Å². The molecule has 0 saturated heterocycles. The third-order valence-electron chi connectivity index (χ3n) is 9.60. The summed E-state index contributed by atoms with van der Waals surface area (Å²) in [5.74, 6) is -3.92. The first-order valence-electron chi connectivity index (χ1n) is 25.3. The van der Waals surface area contributed by atoms with Crippen molar-refractivity contribution >= 4 is 53.2 Å². The number of carbonyl (C=O) groups is 9. The van der Waals surface area contributed by atoms with E-state index in [1.807, 2.05) is 0 Å². The molecular weight excluding hydrogens is 981 g/mol. The van der Waals surface area contributed by atoms with Crippen LogP contribution in [-0.2, 0) is 81.0 Å². The minimum absolute atomic E-state index is 0.00345. The molecule has 0 aliphatic carbocycles. The largest absolute Gasteiger partial charge is 0.481 e. The molecule has 0 saturated carbocycles. The molecule has 1 unspecified atom stereocenters. The van der Waals surface area contributed by atoms with Gasteiger partial charge in [-0.15, -0.1) is 0 Å². The van der Waals surface area contributed by atoms with Crippen molar-refractivity contribution in [1.29, 1.82) is 0 Å². The summed E-state index contributed by atoms with van der Waals surface area (Å²) >= 11 is 0. The lowest BCUT2D eigenvalue weighted by Gasteiger charge is -2.19. The van der Waals surface area contributed by atoms with Crippen molar-refractivity contribution in [1.82, 2.24) is 42.5 Å². The second-order valence-electron chi connectivity index (χ2n) is 15.9. The number of unbranched alkanes of at least 4 members (excludes halogenated alkanes) is 1. The summed E-state index contributed by atoms with van der Waals surface area (Å²) in [6.45, 7) is 7.30. The number of amides is 8. The van der Waals surface area contributed by atoms with Crippen molar-refractivity contribution in [3.05, 3.63) is 0 Å². The summed E-state index contributed by atoms with van der Waals surface area (Å²) in [7, 11) is 0. The van der Waals surface area contributed by atoms with E-state index in [4.69, 9.17) is 54.5 Å². The van der Waals surface area contributed by atoms with E-state index in [1.165, 1.54) is 0 Å². The van der Waals surface area contributed by atoms with Gasteiger partial charge in [-0.05, 0) is 19.3 Å². The summed E-state index contributed by atoms with van der Waals surface area (Å²) in [6, 6.07) is -0.922. The quantitative estimate of drug-likeness (QED) is 0.0257. The monoisotopic (exact) mass is 1070 g/mol. The maximum Gasteiger partial charge on any atom is 0.303 e. The Balaban J connectivity index is 4.38. The first-order valence-corrected chi connectivity index (χ1v) is 25.3. The van der Waals surface area contributed by atoms with E-state index in [0.717, 1.165) is 0 Å². The SMILES string of the molecule is NCCOCCOCCNC(=O)CCC(=O)NCCCCC(NC(=O)CCC(=O)NCCOCCOCCN)C(=O)NCCOCCOCCNC(=O)CCC(=O)NCCOCCOCCNC(=O)CCC(=O)O. The second kappa shape index (κ2) is 51.3. The molecular formula is C46H86N10O18. The molecule has 1 atom stereocenters. The zero-order valence-corrected chi connectivity index (χ0v) is 43.1. The summed E-state index contributed by atoms with van der Waals surface area (Å²) in [4.78, 5) is 109. The average Bonchev–Trinajstić information content (AvgIpc) is 3.38. The number of carboxylic acids is 1. The number of carbonyl (C=O) groups excluding carboxylic acids is 8. The third-order valence-corrected chi connectivity index (χ3v) is 9.60. The van der Waals surface area contributed by atoms with Crippen molar-refractivity contribution in [2.75, 3.05) is 165 Å². The Morgan fingerprint density at radius 2 is 0.595 bits per heavy atom. The Morgan fingerprint density at radius 3 is 0.905 bits per heavy atom. The molecule has 0 heterocycles. The Bertz CT molecular complexity index is 1540. The molecule has 74 heavy (non-hydrogen) atoms. The summed E-state index contributed by atoms with van der Waals surface area (Å²) in [6.07, 6.45) is 0.593. The number of nitrogens with one attached hydrogen (secondary N) is 8. The van der Waals surface area contributed by atoms with E-state index in [-0.39, 0.29) is 185 Å². The van der Waals surface area contributed by atoms with Gasteiger partial charge in [0.25, 0.3) is 0 Å². The Labute approximate surface area is 433 Å². The van der Waals surface area contributed by atoms with Crippen LogP contribution in [0.15, 0.2) is 0 Å². The molecule has 0 spiro atoms. The number of nitrogens with two attached hydrogens (primary N) is 2. The van der Waals surface area contributed by atoms with E-state index in [1.54, 1.807) is 0 Å². The van der Waals surface area contributed by atoms with Crippen molar-refractivity contribution in [2.45, 2.75) is 76.7 Å². The van der Waals surface area contributed by atoms with E-state index in [9.17, 15) is 43.2 Å². The van der Waals surface area contributed by atoms with Gasteiger partial charge in [0.2, 0.25) is 47.3 Å². The van der Waals surface area contributed by atoms with Gasteiger partial charge in [-0.1, -0.05) is 0 Å². The van der Waals surface area contributed by atoms with Gasteiger partial charge >= 0.3 is 5.97 Å². The normalized spacial score (nSPS) is 11.3. The molecule has 0 aromatic rings. The van der Waals surface area contributed by atoms with Gasteiger partial charge in [-0.25, -0.2) is 0 Å². The summed E-state index contributed by atoms with van der Waals surface area (Å²) < 4.78 is 42.8. The van der Waals surface area contributed by atoms with Gasteiger partial charge in [-0.3, -0.25) is 43.2 Å². The van der Waals surface area contributed by atoms with Gasteiger partial charge in [0, 0.05) is 104 Å². The predicted molar refractivity (Wildman–Crippen MR) is 266 cm³/mol. The van der Waals surface area contributed by atoms with Crippen LogP contribution in [0.25, 0.3) is 0 Å². The van der Waals surface area contributed by atoms with Crippen molar-refractivity contribution < 1.29 is 86.2 Å². The van der Waals surface area contributed by atoms with Crippen molar-refractivity contribution in [3.63, 3.8) is 0 Å². The topological polar surface area (TPSA) is 396 Å². The second-order valence-corrected chi connectivity index (χ2v) is 15.9. The van der Waals surface area contributed by atoms with E-state index >= 15 is 0 Å². The van der Waals surface area contributed by atoms with Crippen LogP contribution in [-0.4, -0.2) is 229 Å². The third kappa shape index (κ3) is 49.1. The highest BCUT2D eigenvalue weighted by Crippen LogP contribution is 2.04. The van der Waals surface area contributed by atoms with E-state index in [0.29, 0.717) is 85.3 Å². The number of ether oxygens (including phenoxy) is 8. The van der Waals surface area contributed by atoms with Gasteiger partial charge < -0.3 is 97.0 Å². The molecule has 0 aromatic carbocycles. The first-order chi connectivity index (χ1) is 35.9. The molecule has 13 N–H and O–H groups in total. The summed E-state index contributed by atoms with van der Waals surface area (Å²) in [5.41, 5.74) is 10.7. The molecule has 28 nitrogen and oxygen atoms in total. The van der Waals surface area contributed by atoms with Crippen LogP contribution in [0.2, 0.25) is 0 Å². The van der Waals surface area contributed by atoms with Gasteiger partial charge in [0.05, 0.1) is 112 Å². The first kappa shape index (κ1) is 68.8.